The van der Waals surface area contributed by atoms with Gasteiger partial charge in [-0.2, -0.15) is 0 Å². The first-order valence-electron chi connectivity index (χ1n) is 11.2. The quantitative estimate of drug-likeness (QED) is 0.349. The first kappa shape index (κ1) is 22.1. The fraction of sp³-hybridized carbons (Fsp3) is 0.154. The molecule has 3 aromatic carbocycles. The highest BCUT2D eigenvalue weighted by atomic mass is 16.5. The van der Waals surface area contributed by atoms with Crippen molar-refractivity contribution in [2.45, 2.75) is 13.5 Å². The van der Waals surface area contributed by atoms with Crippen molar-refractivity contribution in [2.24, 2.45) is 0 Å². The van der Waals surface area contributed by atoms with E-state index in [1.165, 1.54) is 0 Å². The van der Waals surface area contributed by atoms with Crippen LogP contribution in [0.2, 0.25) is 0 Å². The van der Waals surface area contributed by atoms with Crippen LogP contribution in [0.15, 0.2) is 73.1 Å². The zero-order valence-corrected chi connectivity index (χ0v) is 19.4. The van der Waals surface area contributed by atoms with E-state index in [1.807, 2.05) is 65.9 Å². The number of benzene rings is 3. The lowest BCUT2D eigenvalue weighted by atomic mass is 10.1. The Balaban J connectivity index is 1.33. The van der Waals surface area contributed by atoms with Gasteiger partial charge in [-0.15, -0.1) is 10.2 Å². The second-order valence-corrected chi connectivity index (χ2v) is 7.78. The lowest BCUT2D eigenvalue weighted by Gasteiger charge is -2.12. The molecule has 2 heterocycles. The Morgan fingerprint density at radius 3 is 2.77 bits per heavy atom. The average molecular weight is 469 g/mol. The molecule has 9 nitrogen and oxygen atoms in total. The van der Waals surface area contributed by atoms with Crippen molar-refractivity contribution >= 4 is 34.1 Å². The number of amides is 1. The molecule has 0 aliphatic rings. The molecule has 0 saturated carbocycles. The molecule has 0 fully saturated rings. The molecule has 9 heteroatoms. The zero-order valence-electron chi connectivity index (χ0n) is 19.4. The standard InChI is InChI=1S/C26H24N6O3/c1-3-35-22-12-11-17(13-23(22)34-2)15-27-26(33)18-7-6-8-19(14-18)29-24-25-31-28-16-32(25)21-10-5-4-9-20(21)30-24/h4-14,16H,3,15H2,1-2H3,(H,27,33)(H,29,30). The summed E-state index contributed by atoms with van der Waals surface area (Å²) in [5.41, 5.74) is 4.46. The first-order valence-corrected chi connectivity index (χ1v) is 11.2. The predicted octanol–water partition coefficient (Wildman–Crippen LogP) is 4.36. The van der Waals surface area contributed by atoms with Crippen molar-refractivity contribution in [1.82, 2.24) is 24.9 Å². The Kier molecular flexibility index (Phi) is 6.13. The molecule has 1 amide bonds. The van der Waals surface area contributed by atoms with E-state index in [4.69, 9.17) is 14.5 Å². The molecule has 2 N–H and O–H groups in total. The zero-order chi connectivity index (χ0) is 24.2. The van der Waals surface area contributed by atoms with Crippen molar-refractivity contribution in [3.63, 3.8) is 0 Å². The Labute approximate surface area is 201 Å². The summed E-state index contributed by atoms with van der Waals surface area (Å²) in [5.74, 6) is 1.67. The topological polar surface area (TPSA) is 103 Å². The molecular formula is C26H24N6O3. The third kappa shape index (κ3) is 4.56. The van der Waals surface area contributed by atoms with Crippen molar-refractivity contribution in [2.75, 3.05) is 19.0 Å². The minimum absolute atomic E-state index is 0.194. The van der Waals surface area contributed by atoms with Crippen LogP contribution in [0.4, 0.5) is 11.5 Å². The van der Waals surface area contributed by atoms with Gasteiger partial charge in [-0.25, -0.2) is 4.98 Å². The summed E-state index contributed by atoms with van der Waals surface area (Å²) in [5, 5.41) is 14.5. The number of ether oxygens (including phenoxy) is 2. The number of aromatic nitrogens is 4. The van der Waals surface area contributed by atoms with Gasteiger partial charge in [-0.1, -0.05) is 24.3 Å². The lowest BCUT2D eigenvalue weighted by Crippen LogP contribution is -2.22. The summed E-state index contributed by atoms with van der Waals surface area (Å²) in [6.07, 6.45) is 1.66. The van der Waals surface area contributed by atoms with E-state index in [-0.39, 0.29) is 5.91 Å². The van der Waals surface area contributed by atoms with E-state index in [0.29, 0.717) is 47.4 Å². The van der Waals surface area contributed by atoms with Crippen LogP contribution < -0.4 is 20.1 Å². The van der Waals surface area contributed by atoms with E-state index in [9.17, 15) is 4.79 Å². The monoisotopic (exact) mass is 468 g/mol. The molecule has 0 atom stereocenters. The third-order valence-corrected chi connectivity index (χ3v) is 5.50. The van der Waals surface area contributed by atoms with Gasteiger partial charge in [-0.3, -0.25) is 9.20 Å². The van der Waals surface area contributed by atoms with Gasteiger partial charge in [0.25, 0.3) is 5.91 Å². The van der Waals surface area contributed by atoms with E-state index in [0.717, 1.165) is 16.6 Å². The molecule has 0 spiro atoms. The Bertz CT molecular complexity index is 1510. The number of anilines is 2. The molecule has 0 saturated heterocycles. The fourth-order valence-electron chi connectivity index (χ4n) is 3.85. The van der Waals surface area contributed by atoms with Crippen LogP contribution >= 0.6 is 0 Å². The van der Waals surface area contributed by atoms with Crippen LogP contribution in [-0.4, -0.2) is 39.2 Å². The molecule has 0 aliphatic heterocycles. The Morgan fingerprint density at radius 2 is 1.91 bits per heavy atom. The molecule has 0 bridgehead atoms. The van der Waals surface area contributed by atoms with Gasteiger partial charge in [0.05, 0.1) is 24.8 Å². The summed E-state index contributed by atoms with van der Waals surface area (Å²) in [4.78, 5) is 17.6. The summed E-state index contributed by atoms with van der Waals surface area (Å²) in [7, 11) is 1.59. The molecule has 0 unspecified atom stereocenters. The largest absolute Gasteiger partial charge is 0.493 e. The van der Waals surface area contributed by atoms with Gasteiger partial charge < -0.3 is 20.1 Å². The van der Waals surface area contributed by atoms with Crippen LogP contribution in [-0.2, 0) is 6.54 Å². The molecular weight excluding hydrogens is 444 g/mol. The minimum Gasteiger partial charge on any atom is -0.493 e. The molecule has 176 valence electrons. The predicted molar refractivity (Wildman–Crippen MR) is 133 cm³/mol. The molecule has 5 rings (SSSR count). The van der Waals surface area contributed by atoms with Crippen LogP contribution in [0.1, 0.15) is 22.8 Å². The fourth-order valence-corrected chi connectivity index (χ4v) is 3.85. The number of para-hydroxylation sites is 2. The number of methoxy groups -OCH3 is 1. The molecule has 5 aromatic rings. The number of fused-ring (bicyclic) bond motifs is 3. The lowest BCUT2D eigenvalue weighted by molar-refractivity contribution is 0.0951. The number of carbonyl (C=O) groups excluding carboxylic acids is 1. The highest BCUT2D eigenvalue weighted by Gasteiger charge is 2.12. The van der Waals surface area contributed by atoms with Crippen LogP contribution in [0.25, 0.3) is 16.7 Å². The number of nitrogens with zero attached hydrogens (tertiary/aromatic N) is 4. The van der Waals surface area contributed by atoms with Crippen molar-refractivity contribution < 1.29 is 14.3 Å². The van der Waals surface area contributed by atoms with E-state index < -0.39 is 0 Å². The first-order chi connectivity index (χ1) is 17.2. The maximum Gasteiger partial charge on any atom is 0.251 e. The van der Waals surface area contributed by atoms with Gasteiger partial charge in [0.1, 0.15) is 6.33 Å². The second kappa shape index (κ2) is 9.68. The normalized spacial score (nSPS) is 10.9. The number of hydrogen-bond acceptors (Lipinski definition) is 7. The van der Waals surface area contributed by atoms with Gasteiger partial charge in [0.2, 0.25) is 5.65 Å². The van der Waals surface area contributed by atoms with Crippen molar-refractivity contribution in [3.8, 4) is 11.5 Å². The summed E-state index contributed by atoms with van der Waals surface area (Å²) >= 11 is 0. The maximum absolute atomic E-state index is 12.9. The number of hydrogen-bond donors (Lipinski definition) is 2. The van der Waals surface area contributed by atoms with Gasteiger partial charge in [-0.05, 0) is 55.0 Å². The highest BCUT2D eigenvalue weighted by molar-refractivity contribution is 5.95. The minimum atomic E-state index is -0.194. The summed E-state index contributed by atoms with van der Waals surface area (Å²) in [6, 6.07) is 20.6. The SMILES string of the molecule is CCOc1ccc(CNC(=O)c2cccc(Nc3nc4ccccc4n4cnnc34)c2)cc1OC. The number of carbonyl (C=O) groups is 1. The molecule has 0 radical (unpaired) electrons. The highest BCUT2D eigenvalue weighted by Crippen LogP contribution is 2.28. The van der Waals surface area contributed by atoms with Gasteiger partial charge in [0.15, 0.2) is 17.3 Å². The molecule has 35 heavy (non-hydrogen) atoms. The summed E-state index contributed by atoms with van der Waals surface area (Å²) < 4.78 is 12.8. The van der Waals surface area contributed by atoms with Gasteiger partial charge in [0, 0.05) is 17.8 Å². The van der Waals surface area contributed by atoms with E-state index in [1.54, 1.807) is 25.6 Å². The average Bonchev–Trinajstić information content (AvgIpc) is 3.39. The van der Waals surface area contributed by atoms with E-state index >= 15 is 0 Å². The van der Waals surface area contributed by atoms with Crippen molar-refractivity contribution in [1.29, 1.82) is 0 Å². The van der Waals surface area contributed by atoms with Crippen molar-refractivity contribution in [3.05, 3.63) is 84.2 Å². The Morgan fingerprint density at radius 1 is 1.03 bits per heavy atom. The van der Waals surface area contributed by atoms with Crippen LogP contribution in [0, 0.1) is 0 Å². The summed E-state index contributed by atoms with van der Waals surface area (Å²) in [6.45, 7) is 2.82. The third-order valence-electron chi connectivity index (χ3n) is 5.50. The second-order valence-electron chi connectivity index (χ2n) is 7.78. The number of nitrogens with one attached hydrogen (secondary N) is 2. The van der Waals surface area contributed by atoms with Crippen LogP contribution in [0.5, 0.6) is 11.5 Å². The Hall–Kier alpha value is -4.66. The van der Waals surface area contributed by atoms with Crippen LogP contribution in [0.3, 0.4) is 0 Å². The van der Waals surface area contributed by atoms with E-state index in [2.05, 4.69) is 20.8 Å². The number of rotatable bonds is 8. The van der Waals surface area contributed by atoms with Gasteiger partial charge >= 0.3 is 0 Å². The maximum atomic E-state index is 12.9. The molecule has 0 aliphatic carbocycles. The molecule has 2 aromatic heterocycles. The smallest absolute Gasteiger partial charge is 0.251 e.